The summed E-state index contributed by atoms with van der Waals surface area (Å²) in [6.45, 7) is 0.223. The normalized spacial score (nSPS) is 23.9. The van der Waals surface area contributed by atoms with E-state index in [0.29, 0.717) is 18.8 Å². The van der Waals surface area contributed by atoms with E-state index in [1.165, 1.54) is 12.1 Å². The fraction of sp³-hybridized carbons (Fsp3) is 0.462. The Bertz CT molecular complexity index is 906. The van der Waals surface area contributed by atoms with Crippen molar-refractivity contribution < 1.29 is 23.5 Å². The molecule has 0 N–H and O–H groups in total. The van der Waals surface area contributed by atoms with Gasteiger partial charge < -0.3 is 14.3 Å². The molecule has 2 aromatic carbocycles. The number of hydrogen-bond acceptors (Lipinski definition) is 4. The second kappa shape index (κ2) is 9.63. The molecule has 4 rings (SSSR count). The Labute approximate surface area is 182 Å². The molecule has 0 heterocycles. The molecule has 0 saturated heterocycles. The molecule has 0 radical (unpaired) electrons. The van der Waals surface area contributed by atoms with Crippen LogP contribution >= 0.6 is 0 Å². The lowest BCUT2D eigenvalue weighted by Crippen LogP contribution is -2.25. The lowest BCUT2D eigenvalue weighted by Gasteiger charge is -2.22. The second-order valence-electron chi connectivity index (χ2n) is 8.93. The highest BCUT2D eigenvalue weighted by Crippen LogP contribution is 2.48. The highest BCUT2D eigenvalue weighted by Gasteiger charge is 2.43. The fourth-order valence-corrected chi connectivity index (χ4v) is 4.89. The smallest absolute Gasteiger partial charge is 0.309 e. The first-order chi connectivity index (χ1) is 15.1. The maximum absolute atomic E-state index is 13.8. The molecule has 0 aliphatic heterocycles. The zero-order valence-electron chi connectivity index (χ0n) is 17.8. The predicted molar refractivity (Wildman–Crippen MR) is 115 cm³/mol. The van der Waals surface area contributed by atoms with E-state index in [1.54, 1.807) is 13.2 Å². The zero-order chi connectivity index (χ0) is 21.8. The van der Waals surface area contributed by atoms with Crippen molar-refractivity contribution in [3.8, 4) is 5.75 Å². The Morgan fingerprint density at radius 2 is 1.94 bits per heavy atom. The van der Waals surface area contributed by atoms with Gasteiger partial charge in [-0.05, 0) is 72.4 Å². The molecule has 4 nitrogen and oxygen atoms in total. The van der Waals surface area contributed by atoms with Gasteiger partial charge in [-0.1, -0.05) is 37.1 Å². The van der Waals surface area contributed by atoms with Crippen molar-refractivity contribution in [1.29, 1.82) is 0 Å². The molecule has 31 heavy (non-hydrogen) atoms. The second-order valence-corrected chi connectivity index (χ2v) is 8.93. The Morgan fingerprint density at radius 1 is 1.16 bits per heavy atom. The molecule has 2 aliphatic carbocycles. The molecule has 2 fully saturated rings. The number of aldehydes is 1. The first-order valence-corrected chi connectivity index (χ1v) is 11.1. The van der Waals surface area contributed by atoms with Crippen LogP contribution < -0.4 is 4.74 Å². The van der Waals surface area contributed by atoms with E-state index in [9.17, 15) is 14.0 Å². The average molecular weight is 425 g/mol. The van der Waals surface area contributed by atoms with Crippen LogP contribution in [-0.4, -0.2) is 19.4 Å². The zero-order valence-corrected chi connectivity index (χ0v) is 17.8. The van der Waals surface area contributed by atoms with Gasteiger partial charge in [0.15, 0.2) is 0 Å². The van der Waals surface area contributed by atoms with E-state index < -0.39 is 0 Å². The number of hydrogen-bond donors (Lipinski definition) is 0. The maximum Gasteiger partial charge on any atom is 0.309 e. The number of benzene rings is 2. The van der Waals surface area contributed by atoms with Gasteiger partial charge in [0, 0.05) is 5.92 Å². The molecular weight excluding hydrogens is 395 g/mol. The average Bonchev–Trinajstić information content (AvgIpc) is 3.52. The van der Waals surface area contributed by atoms with E-state index in [4.69, 9.17) is 9.47 Å². The van der Waals surface area contributed by atoms with Crippen LogP contribution in [0.25, 0.3) is 0 Å². The van der Waals surface area contributed by atoms with Gasteiger partial charge in [-0.2, -0.15) is 0 Å². The van der Waals surface area contributed by atoms with Gasteiger partial charge in [-0.3, -0.25) is 4.79 Å². The first kappa shape index (κ1) is 21.5. The number of esters is 1. The summed E-state index contributed by atoms with van der Waals surface area (Å²) in [5.74, 6) is 0.477. The molecule has 2 aromatic rings. The van der Waals surface area contributed by atoms with E-state index in [-0.39, 0.29) is 42.1 Å². The van der Waals surface area contributed by atoms with Crippen molar-refractivity contribution in [3.63, 3.8) is 0 Å². The highest BCUT2D eigenvalue weighted by atomic mass is 19.1. The molecule has 5 heteroatoms. The van der Waals surface area contributed by atoms with Gasteiger partial charge in [0.2, 0.25) is 0 Å². The van der Waals surface area contributed by atoms with Crippen LogP contribution in [0.15, 0.2) is 48.5 Å². The monoisotopic (exact) mass is 424 g/mol. The number of halogens is 1. The van der Waals surface area contributed by atoms with E-state index >= 15 is 0 Å². The van der Waals surface area contributed by atoms with Crippen LogP contribution in [0, 0.1) is 29.5 Å². The van der Waals surface area contributed by atoms with Crippen molar-refractivity contribution in [3.05, 3.63) is 65.5 Å². The molecule has 4 atom stereocenters. The molecule has 2 saturated carbocycles. The van der Waals surface area contributed by atoms with Crippen molar-refractivity contribution in [2.75, 3.05) is 7.11 Å². The van der Waals surface area contributed by atoms with Gasteiger partial charge in [-0.25, -0.2) is 4.39 Å². The minimum Gasteiger partial charge on any atom is -0.497 e. The first-order valence-electron chi connectivity index (χ1n) is 11.1. The molecule has 0 amide bonds. The number of carbonyl (C=O) groups is 2. The molecule has 3 unspecified atom stereocenters. The van der Waals surface area contributed by atoms with E-state index in [0.717, 1.165) is 42.4 Å². The van der Waals surface area contributed by atoms with Crippen molar-refractivity contribution in [1.82, 2.24) is 0 Å². The minimum absolute atomic E-state index is 0.0470. The quantitative estimate of drug-likeness (QED) is 0.405. The van der Waals surface area contributed by atoms with Gasteiger partial charge >= 0.3 is 5.97 Å². The van der Waals surface area contributed by atoms with Crippen LogP contribution in [0.1, 0.15) is 49.1 Å². The SMILES string of the molecule is COc1ccc(COC(=O)[C@@H](CC2CC2)C2CC(C=O)C(c3cccc(F)c3)C2)cc1. The number of rotatable bonds is 9. The fourth-order valence-electron chi connectivity index (χ4n) is 4.89. The van der Waals surface area contributed by atoms with Crippen LogP contribution in [0.5, 0.6) is 5.75 Å². The molecule has 0 spiro atoms. The minimum atomic E-state index is -0.293. The largest absolute Gasteiger partial charge is 0.497 e. The summed E-state index contributed by atoms with van der Waals surface area (Å²) in [5.41, 5.74) is 1.76. The van der Waals surface area contributed by atoms with Gasteiger partial charge in [0.25, 0.3) is 0 Å². The van der Waals surface area contributed by atoms with Crippen molar-refractivity contribution in [2.24, 2.45) is 23.7 Å². The molecule has 0 bridgehead atoms. The molecular formula is C26H29FO4. The summed E-state index contributed by atoms with van der Waals surface area (Å²) in [4.78, 5) is 24.9. The third kappa shape index (κ3) is 5.33. The summed E-state index contributed by atoms with van der Waals surface area (Å²) in [6.07, 6.45) is 5.46. The van der Waals surface area contributed by atoms with Gasteiger partial charge in [0.05, 0.1) is 13.0 Å². The van der Waals surface area contributed by atoms with Crippen LogP contribution in [0.3, 0.4) is 0 Å². The van der Waals surface area contributed by atoms with E-state index in [2.05, 4.69) is 0 Å². The maximum atomic E-state index is 13.8. The topological polar surface area (TPSA) is 52.6 Å². The lowest BCUT2D eigenvalue weighted by atomic mass is 9.85. The third-order valence-electron chi connectivity index (χ3n) is 6.80. The Kier molecular flexibility index (Phi) is 6.69. The summed E-state index contributed by atoms with van der Waals surface area (Å²) in [5, 5.41) is 0. The molecule has 164 valence electrons. The van der Waals surface area contributed by atoms with Gasteiger partial charge in [0.1, 0.15) is 24.5 Å². The third-order valence-corrected chi connectivity index (χ3v) is 6.80. The van der Waals surface area contributed by atoms with Crippen molar-refractivity contribution >= 4 is 12.3 Å². The van der Waals surface area contributed by atoms with Gasteiger partial charge in [-0.15, -0.1) is 0 Å². The predicted octanol–water partition coefficient (Wildman–Crippen LogP) is 5.30. The van der Waals surface area contributed by atoms with Crippen LogP contribution in [0.2, 0.25) is 0 Å². The number of methoxy groups -OCH3 is 1. The standard InChI is InChI=1S/C26H29FO4/c1-30-23-9-7-18(8-10-23)16-31-26(29)25(11-17-5-6-17)20-12-21(15-28)24(14-20)19-3-2-4-22(27)13-19/h2-4,7-10,13,15,17,20-21,24-25H,5-6,11-12,14,16H2,1H3/t20?,21?,24?,25-/m0/s1. The molecule has 2 aliphatic rings. The number of ether oxygens (including phenoxy) is 2. The van der Waals surface area contributed by atoms with E-state index in [1.807, 2.05) is 30.3 Å². The Hall–Kier alpha value is -2.69. The highest BCUT2D eigenvalue weighted by molar-refractivity contribution is 5.73. The summed E-state index contributed by atoms with van der Waals surface area (Å²) < 4.78 is 24.6. The molecule has 0 aromatic heterocycles. The van der Waals surface area contributed by atoms with Crippen molar-refractivity contribution in [2.45, 2.75) is 44.6 Å². The number of carbonyl (C=O) groups excluding carboxylic acids is 2. The lowest BCUT2D eigenvalue weighted by molar-refractivity contribution is -0.152. The van der Waals surface area contributed by atoms with Crippen LogP contribution in [0.4, 0.5) is 4.39 Å². The Balaban J connectivity index is 1.45. The summed E-state index contributed by atoms with van der Waals surface area (Å²) in [6, 6.07) is 14.0. The van der Waals surface area contributed by atoms with Crippen LogP contribution in [-0.2, 0) is 20.9 Å². The Morgan fingerprint density at radius 3 is 2.58 bits per heavy atom. The summed E-state index contributed by atoms with van der Waals surface area (Å²) in [7, 11) is 1.61. The summed E-state index contributed by atoms with van der Waals surface area (Å²) >= 11 is 0.